The summed E-state index contributed by atoms with van der Waals surface area (Å²) in [4.78, 5) is 0. The lowest BCUT2D eigenvalue weighted by Crippen LogP contribution is -2.27. The van der Waals surface area contributed by atoms with Gasteiger partial charge < -0.3 is 5.32 Å². The minimum atomic E-state index is 0.521. The van der Waals surface area contributed by atoms with Crippen molar-refractivity contribution in [3.05, 3.63) is 41.2 Å². The number of aryl methyl sites for hydroxylation is 2. The molecule has 3 nitrogen and oxygen atoms in total. The molecular weight excluding hydrogens is 258 g/mol. The Labute approximate surface area is 128 Å². The highest BCUT2D eigenvalue weighted by Crippen LogP contribution is 2.27. The molecule has 0 fully saturated rings. The predicted octanol–water partition coefficient (Wildman–Crippen LogP) is 3.73. The van der Waals surface area contributed by atoms with Crippen LogP contribution in [0.4, 0.5) is 0 Å². The van der Waals surface area contributed by atoms with Gasteiger partial charge in [0.1, 0.15) is 0 Å². The van der Waals surface area contributed by atoms with Crippen molar-refractivity contribution >= 4 is 0 Å². The van der Waals surface area contributed by atoms with Gasteiger partial charge in [-0.2, -0.15) is 5.10 Å². The Balaban J connectivity index is 2.21. The molecule has 1 N–H and O–H groups in total. The standard InChI is InChI=1S/C18H27N3/c1-6-19-13(3)12-16-8-10-17(11-9-16)18-14(4)20-21(7-2)15(18)5/h8-11,13,19H,6-7,12H2,1-5H3. The normalized spacial score (nSPS) is 12.6. The number of nitrogens with one attached hydrogen (secondary N) is 1. The van der Waals surface area contributed by atoms with E-state index in [9.17, 15) is 0 Å². The highest BCUT2D eigenvalue weighted by Gasteiger charge is 2.12. The third-order valence-electron chi connectivity index (χ3n) is 4.02. The fraction of sp³-hybridized carbons (Fsp3) is 0.500. The highest BCUT2D eigenvalue weighted by molar-refractivity contribution is 5.68. The molecule has 0 amide bonds. The topological polar surface area (TPSA) is 29.9 Å². The number of nitrogens with zero attached hydrogens (tertiary/aromatic N) is 2. The van der Waals surface area contributed by atoms with Crippen LogP contribution in [0.5, 0.6) is 0 Å². The first kappa shape index (κ1) is 15.8. The van der Waals surface area contributed by atoms with Gasteiger partial charge in [0.25, 0.3) is 0 Å². The SMILES string of the molecule is CCNC(C)Cc1ccc(-c2c(C)nn(CC)c2C)cc1. The number of rotatable bonds is 6. The predicted molar refractivity (Wildman–Crippen MR) is 89.7 cm³/mol. The van der Waals surface area contributed by atoms with Crippen molar-refractivity contribution in [3.63, 3.8) is 0 Å². The van der Waals surface area contributed by atoms with Gasteiger partial charge in [-0.05, 0) is 51.8 Å². The van der Waals surface area contributed by atoms with Crippen LogP contribution in [0.1, 0.15) is 37.7 Å². The molecule has 0 radical (unpaired) electrons. The second-order valence-electron chi connectivity index (χ2n) is 5.72. The molecular formula is C18H27N3. The summed E-state index contributed by atoms with van der Waals surface area (Å²) in [5, 5.41) is 8.06. The van der Waals surface area contributed by atoms with Gasteiger partial charge >= 0.3 is 0 Å². The van der Waals surface area contributed by atoms with E-state index < -0.39 is 0 Å². The fourth-order valence-electron chi connectivity index (χ4n) is 3.00. The highest BCUT2D eigenvalue weighted by atomic mass is 15.3. The second kappa shape index (κ2) is 6.90. The molecule has 1 aromatic heterocycles. The Morgan fingerprint density at radius 1 is 1.14 bits per heavy atom. The molecule has 0 aliphatic heterocycles. The molecule has 0 spiro atoms. The Bertz CT molecular complexity index is 581. The van der Waals surface area contributed by atoms with Crippen LogP contribution < -0.4 is 5.32 Å². The van der Waals surface area contributed by atoms with Crippen LogP contribution in [0, 0.1) is 13.8 Å². The summed E-state index contributed by atoms with van der Waals surface area (Å²) in [5.41, 5.74) is 6.30. The quantitative estimate of drug-likeness (QED) is 0.876. The van der Waals surface area contributed by atoms with Crippen molar-refractivity contribution in [2.75, 3.05) is 6.54 Å². The summed E-state index contributed by atoms with van der Waals surface area (Å²) in [5.74, 6) is 0. The molecule has 0 saturated carbocycles. The van der Waals surface area contributed by atoms with Gasteiger partial charge in [-0.15, -0.1) is 0 Å². The number of likely N-dealkylation sites (N-methyl/N-ethyl adjacent to an activating group) is 1. The van der Waals surface area contributed by atoms with Crippen LogP contribution in [-0.2, 0) is 13.0 Å². The van der Waals surface area contributed by atoms with Crippen molar-refractivity contribution in [3.8, 4) is 11.1 Å². The van der Waals surface area contributed by atoms with Crippen molar-refractivity contribution < 1.29 is 0 Å². The summed E-state index contributed by atoms with van der Waals surface area (Å²) in [6, 6.07) is 9.46. The molecule has 1 unspecified atom stereocenters. The van der Waals surface area contributed by atoms with Gasteiger partial charge in [0.15, 0.2) is 0 Å². The van der Waals surface area contributed by atoms with E-state index >= 15 is 0 Å². The minimum Gasteiger partial charge on any atom is -0.314 e. The van der Waals surface area contributed by atoms with Crippen LogP contribution in [0.25, 0.3) is 11.1 Å². The zero-order valence-electron chi connectivity index (χ0n) is 13.9. The molecule has 0 aliphatic rings. The third kappa shape index (κ3) is 3.53. The third-order valence-corrected chi connectivity index (χ3v) is 4.02. The van der Waals surface area contributed by atoms with E-state index in [0.717, 1.165) is 25.2 Å². The summed E-state index contributed by atoms with van der Waals surface area (Å²) in [6.07, 6.45) is 1.07. The van der Waals surface area contributed by atoms with Crippen molar-refractivity contribution in [2.45, 2.75) is 53.6 Å². The van der Waals surface area contributed by atoms with Crippen LogP contribution in [0.2, 0.25) is 0 Å². The zero-order chi connectivity index (χ0) is 15.4. The number of benzene rings is 1. The summed E-state index contributed by atoms with van der Waals surface area (Å²) in [7, 11) is 0. The van der Waals surface area contributed by atoms with Gasteiger partial charge in [0.05, 0.1) is 5.69 Å². The molecule has 1 atom stereocenters. The summed E-state index contributed by atoms with van der Waals surface area (Å²) in [6.45, 7) is 12.7. The molecule has 1 heterocycles. The van der Waals surface area contributed by atoms with Gasteiger partial charge in [0.2, 0.25) is 0 Å². The Kier molecular flexibility index (Phi) is 5.18. The molecule has 0 saturated heterocycles. The van der Waals surface area contributed by atoms with E-state index in [-0.39, 0.29) is 0 Å². The van der Waals surface area contributed by atoms with Crippen LogP contribution in [0.15, 0.2) is 24.3 Å². The van der Waals surface area contributed by atoms with Gasteiger partial charge in [-0.25, -0.2) is 0 Å². The smallest absolute Gasteiger partial charge is 0.0674 e. The molecule has 3 heteroatoms. The number of hydrogen-bond acceptors (Lipinski definition) is 2. The minimum absolute atomic E-state index is 0.521. The molecule has 0 bridgehead atoms. The summed E-state index contributed by atoms with van der Waals surface area (Å²) >= 11 is 0. The molecule has 114 valence electrons. The second-order valence-corrected chi connectivity index (χ2v) is 5.72. The van der Waals surface area contributed by atoms with Crippen molar-refractivity contribution in [1.82, 2.24) is 15.1 Å². The van der Waals surface area contributed by atoms with Crippen LogP contribution in [-0.4, -0.2) is 22.4 Å². The monoisotopic (exact) mass is 285 g/mol. The van der Waals surface area contributed by atoms with E-state index in [1.54, 1.807) is 0 Å². The lowest BCUT2D eigenvalue weighted by atomic mass is 10.00. The van der Waals surface area contributed by atoms with Crippen LogP contribution >= 0.6 is 0 Å². The van der Waals surface area contributed by atoms with Crippen molar-refractivity contribution in [2.24, 2.45) is 0 Å². The van der Waals surface area contributed by atoms with Crippen molar-refractivity contribution in [1.29, 1.82) is 0 Å². The first-order valence-corrected chi connectivity index (χ1v) is 7.93. The molecule has 0 aliphatic carbocycles. The number of aromatic nitrogens is 2. The summed E-state index contributed by atoms with van der Waals surface area (Å²) < 4.78 is 2.08. The van der Waals surface area contributed by atoms with Gasteiger partial charge in [0, 0.05) is 23.8 Å². The Morgan fingerprint density at radius 2 is 1.81 bits per heavy atom. The zero-order valence-corrected chi connectivity index (χ0v) is 13.9. The lowest BCUT2D eigenvalue weighted by molar-refractivity contribution is 0.565. The maximum Gasteiger partial charge on any atom is 0.0674 e. The molecule has 2 rings (SSSR count). The lowest BCUT2D eigenvalue weighted by Gasteiger charge is -2.12. The fourth-order valence-corrected chi connectivity index (χ4v) is 3.00. The molecule has 2 aromatic rings. The Hall–Kier alpha value is -1.61. The molecule has 21 heavy (non-hydrogen) atoms. The van der Waals surface area contributed by atoms with E-state index in [4.69, 9.17) is 0 Å². The van der Waals surface area contributed by atoms with Crippen LogP contribution in [0.3, 0.4) is 0 Å². The average molecular weight is 285 g/mol. The van der Waals surface area contributed by atoms with E-state index in [2.05, 4.69) is 74.0 Å². The maximum atomic E-state index is 4.61. The van der Waals surface area contributed by atoms with Gasteiger partial charge in [-0.1, -0.05) is 31.2 Å². The maximum absolute atomic E-state index is 4.61. The molecule has 1 aromatic carbocycles. The first-order valence-electron chi connectivity index (χ1n) is 7.93. The van der Waals surface area contributed by atoms with E-state index in [0.29, 0.717) is 6.04 Å². The number of hydrogen-bond donors (Lipinski definition) is 1. The van der Waals surface area contributed by atoms with Gasteiger partial charge in [-0.3, -0.25) is 4.68 Å². The Morgan fingerprint density at radius 3 is 2.33 bits per heavy atom. The first-order chi connectivity index (χ1) is 10.1. The largest absolute Gasteiger partial charge is 0.314 e. The average Bonchev–Trinajstić information content (AvgIpc) is 2.75. The van der Waals surface area contributed by atoms with E-state index in [1.807, 2.05) is 0 Å². The van der Waals surface area contributed by atoms with E-state index in [1.165, 1.54) is 22.4 Å².